The average Bonchev–Trinajstić information content (AvgIpc) is 2.90. The summed E-state index contributed by atoms with van der Waals surface area (Å²) in [7, 11) is 0. The van der Waals surface area contributed by atoms with Crippen molar-refractivity contribution >= 4 is 40.0 Å². The first-order valence-electron chi connectivity index (χ1n) is 10.9. The van der Waals surface area contributed by atoms with E-state index in [0.29, 0.717) is 22.0 Å². The molecule has 0 radical (unpaired) electrons. The molecule has 0 saturated heterocycles. The fourth-order valence-electron chi connectivity index (χ4n) is 3.85. The van der Waals surface area contributed by atoms with E-state index in [1.54, 1.807) is 4.90 Å². The largest absolute Gasteiger partial charge is 0.319 e. The number of hydrogen-bond donors (Lipinski definition) is 1. The first-order chi connectivity index (χ1) is 15.5. The maximum atomic E-state index is 14.8. The Balaban J connectivity index is 1.71. The molecule has 32 heavy (non-hydrogen) atoms. The molecule has 1 aliphatic rings. The van der Waals surface area contributed by atoms with Gasteiger partial charge in [-0.15, -0.1) is 11.8 Å². The van der Waals surface area contributed by atoms with E-state index in [2.05, 4.69) is 11.9 Å². The van der Waals surface area contributed by atoms with Crippen molar-refractivity contribution in [3.8, 4) is 0 Å². The van der Waals surface area contributed by atoms with Crippen molar-refractivity contribution < 1.29 is 14.0 Å². The normalized spacial score (nSPS) is 16.2. The number of thioether (sulfide) groups is 1. The van der Waals surface area contributed by atoms with E-state index in [0.717, 1.165) is 30.2 Å². The number of pyridine rings is 1. The number of nitrogens with two attached hydrogens (primary N) is 1. The van der Waals surface area contributed by atoms with Crippen LogP contribution in [-0.2, 0) is 11.3 Å². The molecule has 2 aromatic carbocycles. The van der Waals surface area contributed by atoms with Gasteiger partial charge in [-0.3, -0.25) is 14.6 Å². The van der Waals surface area contributed by atoms with E-state index >= 15 is 0 Å². The summed E-state index contributed by atoms with van der Waals surface area (Å²) in [5, 5.41) is 1.01. The lowest BCUT2D eigenvalue weighted by Gasteiger charge is -2.25. The van der Waals surface area contributed by atoms with Gasteiger partial charge in [0.05, 0.1) is 35.0 Å². The molecule has 3 aromatic rings. The lowest BCUT2D eigenvalue weighted by atomic mass is 10.0. The minimum Gasteiger partial charge on any atom is -0.319 e. The minimum absolute atomic E-state index is 0.0280. The third kappa shape index (κ3) is 4.69. The molecule has 4 rings (SSSR count). The molecule has 0 bridgehead atoms. The number of aromatic nitrogens is 1. The van der Waals surface area contributed by atoms with Crippen LogP contribution in [0.4, 0.5) is 10.1 Å². The number of Topliss-reactive ketones (excluding diaryl/α,β-unsaturated/α-hetero) is 1. The molecule has 5 nitrogen and oxygen atoms in total. The number of carbonyl (C=O) groups is 2. The number of para-hydroxylation sites is 1. The summed E-state index contributed by atoms with van der Waals surface area (Å²) in [6, 6.07) is 13.7. The molecular weight excluding hydrogens is 425 g/mol. The van der Waals surface area contributed by atoms with E-state index in [9.17, 15) is 14.0 Å². The first kappa shape index (κ1) is 22.4. The molecule has 166 valence electrons. The molecule has 0 spiro atoms. The van der Waals surface area contributed by atoms with Crippen molar-refractivity contribution in [1.29, 1.82) is 0 Å². The fourth-order valence-corrected chi connectivity index (χ4v) is 4.85. The van der Waals surface area contributed by atoms with Gasteiger partial charge in [-0.25, -0.2) is 4.39 Å². The Hall–Kier alpha value is -2.77. The molecular formula is C25H26FN3O2S. The Morgan fingerprint density at radius 3 is 2.84 bits per heavy atom. The third-order valence-corrected chi connectivity index (χ3v) is 6.79. The first-order valence-corrected chi connectivity index (χ1v) is 11.9. The van der Waals surface area contributed by atoms with Crippen molar-refractivity contribution in [1.82, 2.24) is 4.98 Å². The minimum atomic E-state index is -0.723. The van der Waals surface area contributed by atoms with Crippen LogP contribution in [0.15, 0.2) is 53.4 Å². The summed E-state index contributed by atoms with van der Waals surface area (Å²) in [6.45, 7) is 2.25. The number of benzene rings is 2. The second kappa shape index (κ2) is 9.79. The van der Waals surface area contributed by atoms with Crippen LogP contribution in [0, 0.1) is 5.82 Å². The third-order valence-electron chi connectivity index (χ3n) is 5.63. The van der Waals surface area contributed by atoms with Gasteiger partial charge in [0.15, 0.2) is 5.78 Å². The Bertz CT molecular complexity index is 1170. The number of amides is 1. The molecule has 0 fully saturated rings. The van der Waals surface area contributed by atoms with E-state index in [4.69, 9.17) is 5.73 Å². The summed E-state index contributed by atoms with van der Waals surface area (Å²) < 4.78 is 14.8. The molecule has 7 heteroatoms. The number of halogens is 1. The van der Waals surface area contributed by atoms with Crippen molar-refractivity contribution in [2.24, 2.45) is 5.73 Å². The Morgan fingerprint density at radius 1 is 1.22 bits per heavy atom. The topological polar surface area (TPSA) is 76.3 Å². The molecule has 1 atom stereocenters. The van der Waals surface area contributed by atoms with E-state index in [-0.39, 0.29) is 30.2 Å². The second-order valence-corrected chi connectivity index (χ2v) is 9.08. The van der Waals surface area contributed by atoms with Crippen molar-refractivity contribution in [2.75, 3.05) is 10.7 Å². The van der Waals surface area contributed by atoms with Crippen LogP contribution in [0.25, 0.3) is 10.9 Å². The van der Waals surface area contributed by atoms with Gasteiger partial charge in [-0.05, 0) is 30.7 Å². The van der Waals surface area contributed by atoms with Crippen LogP contribution in [0.1, 0.15) is 48.7 Å². The van der Waals surface area contributed by atoms with E-state index in [1.807, 2.05) is 36.4 Å². The van der Waals surface area contributed by atoms with Gasteiger partial charge in [0.2, 0.25) is 5.91 Å². The molecule has 2 N–H and O–H groups in total. The molecule has 1 aliphatic heterocycles. The van der Waals surface area contributed by atoms with E-state index < -0.39 is 11.9 Å². The SMILES string of the molecule is CCCCCC(=O)c1cc2c(cc1F)SC[C@H](N)C(=O)N2Cc1ccc2ccccc2n1. The molecule has 0 aliphatic carbocycles. The number of hydrogen-bond acceptors (Lipinski definition) is 5. The van der Waals surface area contributed by atoms with Crippen LogP contribution in [-0.4, -0.2) is 28.5 Å². The van der Waals surface area contributed by atoms with E-state index in [1.165, 1.54) is 23.9 Å². The number of ketones is 1. The van der Waals surface area contributed by atoms with Crippen LogP contribution in [0.2, 0.25) is 0 Å². The van der Waals surface area contributed by atoms with Crippen LogP contribution >= 0.6 is 11.8 Å². The molecule has 0 saturated carbocycles. The highest BCUT2D eigenvalue weighted by Crippen LogP contribution is 2.37. The van der Waals surface area contributed by atoms with Crippen molar-refractivity contribution in [3.63, 3.8) is 0 Å². The van der Waals surface area contributed by atoms with Gasteiger partial charge in [-0.1, -0.05) is 44.0 Å². The monoisotopic (exact) mass is 451 g/mol. The Labute approximate surface area is 191 Å². The molecule has 1 aromatic heterocycles. The zero-order chi connectivity index (χ0) is 22.7. The number of unbranched alkanes of at least 4 members (excludes halogenated alkanes) is 2. The molecule has 0 unspecified atom stereocenters. The highest BCUT2D eigenvalue weighted by Gasteiger charge is 2.30. The number of rotatable bonds is 7. The zero-order valence-corrected chi connectivity index (χ0v) is 18.8. The van der Waals surface area contributed by atoms with Crippen LogP contribution in [0.3, 0.4) is 0 Å². The Kier molecular flexibility index (Phi) is 6.86. The zero-order valence-electron chi connectivity index (χ0n) is 18.0. The maximum Gasteiger partial charge on any atom is 0.245 e. The van der Waals surface area contributed by atoms with Gasteiger partial charge in [0, 0.05) is 22.5 Å². The van der Waals surface area contributed by atoms with Gasteiger partial charge in [-0.2, -0.15) is 0 Å². The van der Waals surface area contributed by atoms with Gasteiger partial charge in [0.1, 0.15) is 5.82 Å². The molecule has 1 amide bonds. The quantitative estimate of drug-likeness (QED) is 0.399. The second-order valence-electron chi connectivity index (χ2n) is 8.02. The Morgan fingerprint density at radius 2 is 2.03 bits per heavy atom. The highest BCUT2D eigenvalue weighted by atomic mass is 32.2. The van der Waals surface area contributed by atoms with Crippen molar-refractivity contribution in [2.45, 2.75) is 50.1 Å². The number of anilines is 1. The van der Waals surface area contributed by atoms with Crippen LogP contribution in [0.5, 0.6) is 0 Å². The summed E-state index contributed by atoms with van der Waals surface area (Å²) >= 11 is 1.34. The smallest absolute Gasteiger partial charge is 0.245 e. The summed E-state index contributed by atoms with van der Waals surface area (Å²) in [5.41, 5.74) is 8.19. The van der Waals surface area contributed by atoms with Crippen LogP contribution < -0.4 is 10.6 Å². The lowest BCUT2D eigenvalue weighted by Crippen LogP contribution is -2.44. The predicted octanol–water partition coefficient (Wildman–Crippen LogP) is 5.10. The fraction of sp³-hybridized carbons (Fsp3) is 0.320. The standard InChI is InChI=1S/C25H26FN3O2S/c1-2-3-4-9-23(30)18-12-22-24(13-19(18)26)32-15-20(27)25(31)29(22)14-17-11-10-16-7-5-6-8-21(16)28-17/h5-8,10-13,20H,2-4,9,14-15,27H2,1H3/t20-/m0/s1. The summed E-state index contributed by atoms with van der Waals surface area (Å²) in [6.07, 6.45) is 2.91. The maximum absolute atomic E-state index is 14.8. The lowest BCUT2D eigenvalue weighted by molar-refractivity contribution is -0.119. The van der Waals surface area contributed by atoms with Crippen molar-refractivity contribution in [3.05, 3.63) is 65.6 Å². The van der Waals surface area contributed by atoms with Gasteiger partial charge < -0.3 is 10.6 Å². The molecule has 2 heterocycles. The number of fused-ring (bicyclic) bond motifs is 2. The summed E-state index contributed by atoms with van der Waals surface area (Å²) in [5.74, 6) is -0.711. The number of carbonyl (C=O) groups excluding carboxylic acids is 2. The van der Waals surface area contributed by atoms with Gasteiger partial charge in [0.25, 0.3) is 0 Å². The summed E-state index contributed by atoms with van der Waals surface area (Å²) in [4.78, 5) is 32.6. The van der Waals surface area contributed by atoms with Gasteiger partial charge >= 0.3 is 0 Å². The predicted molar refractivity (Wildman–Crippen MR) is 127 cm³/mol. The average molecular weight is 452 g/mol. The highest BCUT2D eigenvalue weighted by molar-refractivity contribution is 7.99. The number of nitrogens with zero attached hydrogens (tertiary/aromatic N) is 2.